The van der Waals surface area contributed by atoms with Crippen LogP contribution in [0, 0.1) is 0 Å². The smallest absolute Gasteiger partial charge is 0.335 e. The summed E-state index contributed by atoms with van der Waals surface area (Å²) in [5.74, 6) is -1.72. The van der Waals surface area contributed by atoms with Gasteiger partial charge in [-0.25, -0.2) is 4.79 Å². The van der Waals surface area contributed by atoms with E-state index in [1.54, 1.807) is 0 Å². The maximum Gasteiger partial charge on any atom is 0.335 e. The molecule has 256 valence electrons. The summed E-state index contributed by atoms with van der Waals surface area (Å²) in [4.78, 5) is 11.6. The fourth-order valence-corrected chi connectivity index (χ4v) is 5.28. The van der Waals surface area contributed by atoms with E-state index in [4.69, 9.17) is 33.2 Å². The standard InChI is InChI=1S/C24H40O20/c1-4-7(25)10(28)15(33)22(39-4)44-19-17(42-23-16(34)12(30)13(31)18(43-23)20(35)36)8(26)5(2)40-24(19)38-3-6-9(27)11(29)14(32)21(37)41-6/h4-19,21-34,37H,3H2,1-2H3,(H,35,36). The molecule has 4 heterocycles. The predicted octanol–water partition coefficient (Wildman–Crippen LogP) is -7.60. The second-order valence-electron chi connectivity index (χ2n) is 11.2. The van der Waals surface area contributed by atoms with Gasteiger partial charge in [-0.05, 0) is 13.8 Å². The second-order valence-corrected chi connectivity index (χ2v) is 11.2. The van der Waals surface area contributed by atoms with Crippen LogP contribution in [0.5, 0.6) is 0 Å². The average Bonchev–Trinajstić information content (AvgIpc) is 2.98. The minimum Gasteiger partial charge on any atom is -0.479 e. The van der Waals surface area contributed by atoms with Crippen LogP contribution in [0.3, 0.4) is 0 Å². The lowest BCUT2D eigenvalue weighted by molar-refractivity contribution is -0.389. The van der Waals surface area contributed by atoms with Crippen LogP contribution in [0.25, 0.3) is 0 Å². The first-order valence-electron chi connectivity index (χ1n) is 13.8. The zero-order chi connectivity index (χ0) is 32.8. The highest BCUT2D eigenvalue weighted by Crippen LogP contribution is 2.34. The van der Waals surface area contributed by atoms with Crippen LogP contribution < -0.4 is 0 Å². The van der Waals surface area contributed by atoms with Gasteiger partial charge in [0.25, 0.3) is 0 Å². The quantitative estimate of drug-likeness (QED) is 0.116. The van der Waals surface area contributed by atoms with E-state index in [0.717, 1.165) is 0 Å². The van der Waals surface area contributed by atoms with E-state index in [-0.39, 0.29) is 0 Å². The van der Waals surface area contributed by atoms with Crippen LogP contribution in [0.15, 0.2) is 0 Å². The topological polar surface area (TPSA) is 324 Å². The molecule has 0 amide bonds. The van der Waals surface area contributed by atoms with Crippen LogP contribution in [-0.2, 0) is 38.0 Å². The molecule has 4 rings (SSSR count). The van der Waals surface area contributed by atoms with E-state index in [1.165, 1.54) is 13.8 Å². The van der Waals surface area contributed by atoms with Crippen molar-refractivity contribution in [3.63, 3.8) is 0 Å². The molecule has 20 heteroatoms. The number of aliphatic carboxylic acids is 1. The van der Waals surface area contributed by atoms with Gasteiger partial charge in [-0.1, -0.05) is 0 Å². The van der Waals surface area contributed by atoms with Crippen molar-refractivity contribution in [3.8, 4) is 0 Å². The number of ether oxygens (including phenoxy) is 7. The molecule has 0 radical (unpaired) electrons. The summed E-state index contributed by atoms with van der Waals surface area (Å²) >= 11 is 0. The van der Waals surface area contributed by atoms with Gasteiger partial charge in [0.05, 0.1) is 18.8 Å². The molecule has 0 bridgehead atoms. The molecule has 4 fully saturated rings. The number of carboxylic acids is 1. The lowest BCUT2D eigenvalue weighted by Gasteiger charge is -2.48. The molecule has 12 N–H and O–H groups in total. The summed E-state index contributed by atoms with van der Waals surface area (Å²) in [5, 5.41) is 122. The molecule has 0 aromatic carbocycles. The lowest BCUT2D eigenvalue weighted by Crippen LogP contribution is -2.67. The largest absolute Gasteiger partial charge is 0.479 e. The Morgan fingerprint density at radius 1 is 0.545 bits per heavy atom. The molecule has 0 aromatic rings. The summed E-state index contributed by atoms with van der Waals surface area (Å²) in [6.07, 6.45) is -35.1. The third kappa shape index (κ3) is 7.02. The fourth-order valence-electron chi connectivity index (χ4n) is 5.28. The van der Waals surface area contributed by atoms with E-state index in [1.807, 2.05) is 0 Å². The normalized spacial score (nSPS) is 53.8. The number of rotatable bonds is 8. The van der Waals surface area contributed by atoms with Crippen LogP contribution in [0.2, 0.25) is 0 Å². The molecule has 0 aromatic heterocycles. The summed E-state index contributed by atoms with van der Waals surface area (Å²) in [6.45, 7) is 2.03. The molecule has 4 aliphatic rings. The van der Waals surface area contributed by atoms with Gasteiger partial charge < -0.3 is 94.4 Å². The van der Waals surface area contributed by atoms with Gasteiger partial charge in [-0.2, -0.15) is 0 Å². The first-order valence-corrected chi connectivity index (χ1v) is 13.8. The Morgan fingerprint density at radius 2 is 1.05 bits per heavy atom. The Balaban J connectivity index is 1.61. The maximum absolute atomic E-state index is 11.6. The Hall–Kier alpha value is -1.25. The highest BCUT2D eigenvalue weighted by atomic mass is 16.8. The summed E-state index contributed by atoms with van der Waals surface area (Å²) in [7, 11) is 0. The number of aliphatic hydroxyl groups is 11. The van der Waals surface area contributed by atoms with Gasteiger partial charge in [0.1, 0.15) is 79.4 Å². The Morgan fingerprint density at radius 3 is 1.66 bits per heavy atom. The molecule has 44 heavy (non-hydrogen) atoms. The highest BCUT2D eigenvalue weighted by molar-refractivity contribution is 5.73. The number of hydrogen-bond acceptors (Lipinski definition) is 19. The SMILES string of the molecule is CC1OC(OC2C(OCC3OC(O)C(O)C(O)C3O)OC(C)C(O)C2OC2OC(C(=O)O)C(O)C(O)C2O)C(O)C(O)C1O. The Labute approximate surface area is 249 Å². The van der Waals surface area contributed by atoms with Gasteiger partial charge >= 0.3 is 5.97 Å². The van der Waals surface area contributed by atoms with Crippen LogP contribution in [0.4, 0.5) is 0 Å². The predicted molar refractivity (Wildman–Crippen MR) is 132 cm³/mol. The zero-order valence-corrected chi connectivity index (χ0v) is 23.4. The monoisotopic (exact) mass is 648 g/mol. The average molecular weight is 649 g/mol. The molecular formula is C24H40O20. The van der Waals surface area contributed by atoms with Gasteiger partial charge in [0.2, 0.25) is 0 Å². The second kappa shape index (κ2) is 14.3. The van der Waals surface area contributed by atoms with Crippen molar-refractivity contribution in [2.45, 2.75) is 137 Å². The molecule has 0 saturated carbocycles. The minimum absolute atomic E-state index is 0.664. The molecule has 0 spiro atoms. The summed E-state index contributed by atoms with van der Waals surface area (Å²) in [6, 6.07) is 0. The van der Waals surface area contributed by atoms with Crippen molar-refractivity contribution < 1.29 is 99.2 Å². The zero-order valence-electron chi connectivity index (χ0n) is 23.4. The molecule has 4 aliphatic heterocycles. The molecule has 4 saturated heterocycles. The van der Waals surface area contributed by atoms with Crippen molar-refractivity contribution in [1.82, 2.24) is 0 Å². The molecule has 20 unspecified atom stereocenters. The van der Waals surface area contributed by atoms with Crippen molar-refractivity contribution in [2.75, 3.05) is 6.61 Å². The number of aliphatic hydroxyl groups excluding tert-OH is 11. The lowest BCUT2D eigenvalue weighted by atomic mass is 9.96. The summed E-state index contributed by atoms with van der Waals surface area (Å²) in [5.41, 5.74) is 0. The molecule has 20 nitrogen and oxygen atoms in total. The van der Waals surface area contributed by atoms with E-state index >= 15 is 0 Å². The van der Waals surface area contributed by atoms with Crippen molar-refractivity contribution in [3.05, 3.63) is 0 Å². The number of carbonyl (C=O) groups is 1. The van der Waals surface area contributed by atoms with E-state index in [0.29, 0.717) is 0 Å². The van der Waals surface area contributed by atoms with E-state index in [9.17, 15) is 66.1 Å². The van der Waals surface area contributed by atoms with Crippen LogP contribution >= 0.6 is 0 Å². The molecular weight excluding hydrogens is 608 g/mol. The van der Waals surface area contributed by atoms with Gasteiger partial charge in [-0.15, -0.1) is 0 Å². The van der Waals surface area contributed by atoms with Crippen LogP contribution in [-0.4, -0.2) is 197 Å². The van der Waals surface area contributed by atoms with Crippen molar-refractivity contribution in [1.29, 1.82) is 0 Å². The molecule has 20 atom stereocenters. The van der Waals surface area contributed by atoms with Gasteiger partial charge in [0.15, 0.2) is 31.3 Å². The third-order valence-corrected chi connectivity index (χ3v) is 8.07. The summed E-state index contributed by atoms with van der Waals surface area (Å²) < 4.78 is 38.6. The molecule has 0 aliphatic carbocycles. The van der Waals surface area contributed by atoms with Crippen molar-refractivity contribution in [2.24, 2.45) is 0 Å². The highest BCUT2D eigenvalue weighted by Gasteiger charge is 2.55. The first kappa shape index (κ1) is 35.6. The van der Waals surface area contributed by atoms with Crippen LogP contribution in [0.1, 0.15) is 13.8 Å². The Bertz CT molecular complexity index is 959. The maximum atomic E-state index is 11.6. The van der Waals surface area contributed by atoms with Gasteiger partial charge in [-0.3, -0.25) is 0 Å². The van der Waals surface area contributed by atoms with Gasteiger partial charge in [0, 0.05) is 0 Å². The minimum atomic E-state index is -2.07. The number of carboxylic acid groups (broad SMARTS) is 1. The van der Waals surface area contributed by atoms with E-state index in [2.05, 4.69) is 0 Å². The van der Waals surface area contributed by atoms with E-state index < -0.39 is 135 Å². The third-order valence-electron chi connectivity index (χ3n) is 8.07. The van der Waals surface area contributed by atoms with Crippen molar-refractivity contribution >= 4 is 5.97 Å². The first-order chi connectivity index (χ1) is 20.5. The number of hydrogen-bond donors (Lipinski definition) is 12. The fraction of sp³-hybridized carbons (Fsp3) is 0.958. The Kier molecular flexibility index (Phi) is 11.5.